The average Bonchev–Trinajstić information content (AvgIpc) is 2.34. The van der Waals surface area contributed by atoms with E-state index in [0.717, 1.165) is 5.06 Å². The third-order valence-electron chi connectivity index (χ3n) is 3.63. The topological polar surface area (TPSA) is 75.7 Å². The Kier molecular flexibility index (Phi) is 5.15. The number of hydroxylamine groups is 2. The molecule has 20 heavy (non-hydrogen) atoms. The van der Waals surface area contributed by atoms with Gasteiger partial charge in [-0.3, -0.25) is 9.59 Å². The van der Waals surface area contributed by atoms with Gasteiger partial charge in [0.05, 0.1) is 5.92 Å². The summed E-state index contributed by atoms with van der Waals surface area (Å²) in [4.78, 5) is 23.0. The van der Waals surface area contributed by atoms with Crippen molar-refractivity contribution in [2.24, 2.45) is 5.92 Å². The first-order chi connectivity index (χ1) is 9.10. The van der Waals surface area contributed by atoms with Crippen molar-refractivity contribution in [2.45, 2.75) is 65.0 Å². The predicted octanol–water partition coefficient (Wildman–Crippen LogP) is 2.05. The first kappa shape index (κ1) is 16.9. The fourth-order valence-electron chi connectivity index (χ4n) is 2.80. The van der Waals surface area contributed by atoms with E-state index >= 15 is 0 Å². The van der Waals surface area contributed by atoms with Gasteiger partial charge < -0.3 is 9.47 Å². The maximum absolute atomic E-state index is 12.2. The summed E-state index contributed by atoms with van der Waals surface area (Å²) in [7, 11) is 0. The Morgan fingerprint density at radius 3 is 2.05 bits per heavy atom. The molecule has 1 fully saturated rings. The highest BCUT2D eigenvalue weighted by Gasteiger charge is 2.48. The zero-order valence-corrected chi connectivity index (χ0v) is 12.9. The summed E-state index contributed by atoms with van der Waals surface area (Å²) in [5, 5.41) is 13.2. The minimum atomic E-state index is -0.620. The molecule has 115 valence electrons. The summed E-state index contributed by atoms with van der Waals surface area (Å²) in [5.41, 5.74) is -1.24. The van der Waals surface area contributed by atoms with Crippen molar-refractivity contribution in [2.75, 3.05) is 6.79 Å². The molecular formula is C14H24NO5. The van der Waals surface area contributed by atoms with Crippen molar-refractivity contribution in [3.05, 3.63) is 0 Å². The molecule has 6 nitrogen and oxygen atoms in total. The van der Waals surface area contributed by atoms with Gasteiger partial charge >= 0.3 is 11.9 Å². The van der Waals surface area contributed by atoms with Crippen LogP contribution in [0.1, 0.15) is 53.9 Å². The number of carbonyl (C=O) groups is 2. The summed E-state index contributed by atoms with van der Waals surface area (Å²) in [6.45, 7) is 8.58. The number of carbonyl (C=O) groups excluding carboxylic acids is 2. The molecule has 1 rings (SSSR count). The van der Waals surface area contributed by atoms with Crippen LogP contribution >= 0.6 is 0 Å². The van der Waals surface area contributed by atoms with Gasteiger partial charge in [0.2, 0.25) is 6.79 Å². The van der Waals surface area contributed by atoms with Gasteiger partial charge in [-0.05, 0) is 40.5 Å². The fourth-order valence-corrected chi connectivity index (χ4v) is 2.80. The summed E-state index contributed by atoms with van der Waals surface area (Å²) in [6.07, 6.45) is 1.10. The van der Waals surface area contributed by atoms with Crippen molar-refractivity contribution in [1.29, 1.82) is 0 Å². The summed E-state index contributed by atoms with van der Waals surface area (Å²) in [6, 6.07) is 0. The van der Waals surface area contributed by atoms with Gasteiger partial charge in [0.25, 0.3) is 0 Å². The molecular weight excluding hydrogens is 262 g/mol. The number of hydrogen-bond donors (Lipinski definition) is 0. The van der Waals surface area contributed by atoms with E-state index in [1.54, 1.807) is 6.92 Å². The smallest absolute Gasteiger partial charge is 0.311 e. The second-order valence-electron chi connectivity index (χ2n) is 6.48. The zero-order chi connectivity index (χ0) is 15.6. The molecule has 1 heterocycles. The molecule has 1 saturated heterocycles. The first-order valence-electron chi connectivity index (χ1n) is 6.90. The second kappa shape index (κ2) is 6.10. The van der Waals surface area contributed by atoms with Gasteiger partial charge in [-0.2, -0.15) is 0 Å². The van der Waals surface area contributed by atoms with E-state index in [4.69, 9.17) is 9.47 Å². The average molecular weight is 286 g/mol. The van der Waals surface area contributed by atoms with Crippen LogP contribution in [0.15, 0.2) is 0 Å². The molecule has 0 aromatic heterocycles. The lowest BCUT2D eigenvalue weighted by atomic mass is 9.75. The highest BCUT2D eigenvalue weighted by Crippen LogP contribution is 2.40. The molecule has 0 aromatic rings. The quantitative estimate of drug-likeness (QED) is 0.584. The molecule has 0 spiro atoms. The first-order valence-corrected chi connectivity index (χ1v) is 6.90. The maximum Gasteiger partial charge on any atom is 0.311 e. The maximum atomic E-state index is 12.2. The van der Waals surface area contributed by atoms with Crippen LogP contribution in [0.2, 0.25) is 0 Å². The molecule has 0 aromatic carbocycles. The highest BCUT2D eigenvalue weighted by molar-refractivity contribution is 5.73. The van der Waals surface area contributed by atoms with E-state index in [1.807, 2.05) is 27.7 Å². The van der Waals surface area contributed by atoms with Crippen molar-refractivity contribution in [1.82, 2.24) is 5.06 Å². The normalized spacial score (nSPS) is 22.3. The number of esters is 2. The highest BCUT2D eigenvalue weighted by atomic mass is 16.7. The largest absolute Gasteiger partial charge is 0.428 e. The van der Waals surface area contributed by atoms with E-state index in [9.17, 15) is 14.8 Å². The Morgan fingerprint density at radius 2 is 1.60 bits per heavy atom. The van der Waals surface area contributed by atoms with Gasteiger partial charge in [-0.1, -0.05) is 6.92 Å². The van der Waals surface area contributed by atoms with E-state index < -0.39 is 23.0 Å². The van der Waals surface area contributed by atoms with Crippen LogP contribution < -0.4 is 0 Å². The predicted molar refractivity (Wildman–Crippen MR) is 70.7 cm³/mol. The number of rotatable bonds is 4. The summed E-state index contributed by atoms with van der Waals surface area (Å²) < 4.78 is 9.70. The Balaban J connectivity index is 2.59. The number of hydrogen-bond acceptors (Lipinski definition) is 5. The van der Waals surface area contributed by atoms with Gasteiger partial charge in [0.15, 0.2) is 0 Å². The molecule has 0 amide bonds. The zero-order valence-electron chi connectivity index (χ0n) is 12.9. The molecule has 1 aliphatic heterocycles. The Labute approximate surface area is 120 Å². The molecule has 0 saturated carbocycles. The molecule has 0 aliphatic carbocycles. The van der Waals surface area contributed by atoms with Crippen molar-refractivity contribution >= 4 is 11.9 Å². The SMILES string of the molecule is CCC(=O)OCOC(=O)C1CC(C)(C)N([O])C(C)(C)C1. The summed E-state index contributed by atoms with van der Waals surface area (Å²) >= 11 is 0. The third kappa shape index (κ3) is 3.93. The van der Waals surface area contributed by atoms with E-state index in [2.05, 4.69) is 0 Å². The fraction of sp³-hybridized carbons (Fsp3) is 0.857. The van der Waals surface area contributed by atoms with Crippen LogP contribution in [0, 0.1) is 5.92 Å². The van der Waals surface area contributed by atoms with E-state index in [0.29, 0.717) is 12.8 Å². The van der Waals surface area contributed by atoms with Gasteiger partial charge in [-0.15, -0.1) is 10.3 Å². The van der Waals surface area contributed by atoms with Crippen molar-refractivity contribution < 1.29 is 24.3 Å². The van der Waals surface area contributed by atoms with Crippen LogP contribution in [0.5, 0.6) is 0 Å². The molecule has 0 atom stereocenters. The molecule has 0 unspecified atom stereocenters. The standard InChI is InChI=1S/C14H24NO5/c1-6-11(16)19-9-20-12(17)10-7-13(2,3)15(18)14(4,5)8-10/h10H,6-9H2,1-5H3. The van der Waals surface area contributed by atoms with Crippen LogP contribution in [0.3, 0.4) is 0 Å². The van der Waals surface area contributed by atoms with Crippen LogP contribution in [0.4, 0.5) is 0 Å². The van der Waals surface area contributed by atoms with Crippen LogP contribution in [-0.4, -0.2) is 34.9 Å². The minimum Gasteiger partial charge on any atom is -0.428 e. The Hall–Kier alpha value is -1.14. The third-order valence-corrected chi connectivity index (χ3v) is 3.63. The lowest BCUT2D eigenvalue weighted by molar-refractivity contribution is -0.294. The van der Waals surface area contributed by atoms with Gasteiger partial charge in [-0.25, -0.2) is 0 Å². The van der Waals surface area contributed by atoms with E-state index in [-0.39, 0.29) is 19.1 Å². The lowest BCUT2D eigenvalue weighted by Crippen LogP contribution is -2.59. The minimum absolute atomic E-state index is 0.242. The monoisotopic (exact) mass is 286 g/mol. The molecule has 0 N–H and O–H groups in total. The van der Waals surface area contributed by atoms with Crippen LogP contribution in [-0.2, 0) is 24.3 Å². The second-order valence-corrected chi connectivity index (χ2v) is 6.48. The molecule has 1 radical (unpaired) electrons. The molecule has 1 aliphatic rings. The van der Waals surface area contributed by atoms with Crippen molar-refractivity contribution in [3.63, 3.8) is 0 Å². The molecule has 0 bridgehead atoms. The van der Waals surface area contributed by atoms with Gasteiger partial charge in [0, 0.05) is 17.5 Å². The van der Waals surface area contributed by atoms with Crippen LogP contribution in [0.25, 0.3) is 0 Å². The number of nitrogens with zero attached hydrogens (tertiary/aromatic N) is 1. The lowest BCUT2D eigenvalue weighted by Gasteiger charge is -2.49. The Morgan fingerprint density at radius 1 is 1.10 bits per heavy atom. The molecule has 6 heteroatoms. The van der Waals surface area contributed by atoms with Gasteiger partial charge in [0.1, 0.15) is 0 Å². The summed E-state index contributed by atoms with van der Waals surface area (Å²) in [5.74, 6) is -1.18. The number of ether oxygens (including phenoxy) is 2. The number of piperidine rings is 1. The van der Waals surface area contributed by atoms with Crippen molar-refractivity contribution in [3.8, 4) is 0 Å². The Bertz CT molecular complexity index is 360. The van der Waals surface area contributed by atoms with E-state index in [1.165, 1.54) is 0 Å².